The molecule has 0 radical (unpaired) electrons. The van der Waals surface area contributed by atoms with E-state index in [1.807, 2.05) is 75.2 Å². The Hall–Kier alpha value is -2.92. The van der Waals surface area contributed by atoms with E-state index in [-0.39, 0.29) is 17.9 Å². The third kappa shape index (κ3) is 2.88. The van der Waals surface area contributed by atoms with Crippen molar-refractivity contribution in [2.75, 3.05) is 18.0 Å². The monoisotopic (exact) mass is 402 g/mol. The average molecular weight is 403 g/mol. The number of likely N-dealkylation sites (tertiary alicyclic amines) is 1. The molecular weight excluding hydrogens is 380 g/mol. The quantitative estimate of drug-likeness (QED) is 0.593. The van der Waals surface area contributed by atoms with Crippen LogP contribution in [-0.2, 0) is 4.79 Å². The molecular formula is C24H22N2O2S. The summed E-state index contributed by atoms with van der Waals surface area (Å²) >= 11 is 1.54. The summed E-state index contributed by atoms with van der Waals surface area (Å²) in [4.78, 5) is 30.0. The summed E-state index contributed by atoms with van der Waals surface area (Å²) in [6.45, 7) is 1.23. The highest BCUT2D eigenvalue weighted by Gasteiger charge is 2.62. The van der Waals surface area contributed by atoms with Crippen LogP contribution in [0, 0.1) is 5.41 Å². The second-order valence-corrected chi connectivity index (χ2v) is 8.56. The Bertz CT molecular complexity index is 1010. The number of nitrogens with zero attached hydrogens (tertiary/aromatic N) is 2. The van der Waals surface area contributed by atoms with Crippen LogP contribution in [0.4, 0.5) is 5.69 Å². The topological polar surface area (TPSA) is 40.6 Å². The van der Waals surface area contributed by atoms with Crippen LogP contribution < -0.4 is 4.90 Å². The van der Waals surface area contributed by atoms with E-state index < -0.39 is 5.41 Å². The van der Waals surface area contributed by atoms with Gasteiger partial charge in [-0.2, -0.15) is 11.3 Å². The maximum Gasteiger partial charge on any atom is 0.254 e. The third-order valence-corrected chi connectivity index (χ3v) is 6.97. The zero-order valence-electron chi connectivity index (χ0n) is 16.0. The van der Waals surface area contributed by atoms with Gasteiger partial charge in [-0.15, -0.1) is 0 Å². The summed E-state index contributed by atoms with van der Waals surface area (Å²) in [6, 6.07) is 22.1. The van der Waals surface area contributed by atoms with E-state index in [4.69, 9.17) is 0 Å². The molecule has 2 aliphatic heterocycles. The van der Waals surface area contributed by atoms with Gasteiger partial charge >= 0.3 is 0 Å². The van der Waals surface area contributed by atoms with E-state index in [0.717, 1.165) is 16.8 Å². The molecule has 2 aliphatic rings. The number of carbonyl (C=O) groups excluding carboxylic acids is 2. The Morgan fingerprint density at radius 2 is 1.59 bits per heavy atom. The summed E-state index contributed by atoms with van der Waals surface area (Å²) in [5, 5.41) is 3.82. The number of rotatable bonds is 3. The van der Waals surface area contributed by atoms with Crippen LogP contribution in [0.2, 0.25) is 0 Å². The number of piperidine rings is 1. The van der Waals surface area contributed by atoms with E-state index in [9.17, 15) is 9.59 Å². The van der Waals surface area contributed by atoms with Crippen LogP contribution in [0.15, 0.2) is 77.5 Å². The molecule has 0 aliphatic carbocycles. The largest absolute Gasteiger partial charge is 0.339 e. The lowest BCUT2D eigenvalue weighted by molar-refractivity contribution is -0.144. The van der Waals surface area contributed by atoms with Crippen molar-refractivity contribution in [3.63, 3.8) is 0 Å². The molecule has 146 valence electrons. The molecule has 29 heavy (non-hydrogen) atoms. The van der Waals surface area contributed by atoms with Gasteiger partial charge in [0.1, 0.15) is 0 Å². The molecule has 4 nitrogen and oxygen atoms in total. The average Bonchev–Trinajstić information content (AvgIpc) is 3.33. The third-order valence-electron chi connectivity index (χ3n) is 6.29. The van der Waals surface area contributed by atoms with Gasteiger partial charge in [-0.05, 0) is 42.0 Å². The highest BCUT2D eigenvalue weighted by molar-refractivity contribution is 7.08. The lowest BCUT2D eigenvalue weighted by Crippen LogP contribution is -2.67. The van der Waals surface area contributed by atoms with Gasteiger partial charge < -0.3 is 9.80 Å². The number of carbonyl (C=O) groups is 2. The van der Waals surface area contributed by atoms with E-state index in [0.29, 0.717) is 25.9 Å². The number of hydrogen-bond donors (Lipinski definition) is 0. The zero-order valence-corrected chi connectivity index (χ0v) is 16.8. The number of benzene rings is 2. The standard InChI is InChI=1S/C24H22N2O2S/c27-22(19-11-16-29-17-19)25-14-12-24(13-15-25)21(18-7-3-1-4-8-18)26(23(24)28)20-9-5-2-6-10-20/h1-11,16-17,21H,12-15H2. The van der Waals surface area contributed by atoms with Gasteiger partial charge in [-0.25, -0.2) is 0 Å². The van der Waals surface area contributed by atoms with Crippen molar-refractivity contribution in [2.45, 2.75) is 18.9 Å². The minimum Gasteiger partial charge on any atom is -0.339 e. The van der Waals surface area contributed by atoms with Crippen LogP contribution in [0.1, 0.15) is 34.8 Å². The lowest BCUT2D eigenvalue weighted by atomic mass is 9.62. The van der Waals surface area contributed by atoms with E-state index >= 15 is 0 Å². The molecule has 0 bridgehead atoms. The SMILES string of the molecule is O=C(c1ccsc1)N1CCC2(CC1)C(=O)N(c1ccccc1)C2c1ccccc1. The maximum atomic E-state index is 13.5. The zero-order chi connectivity index (χ0) is 19.8. The van der Waals surface area contributed by atoms with Crippen molar-refractivity contribution in [1.82, 2.24) is 4.90 Å². The van der Waals surface area contributed by atoms with Gasteiger partial charge in [0.05, 0.1) is 17.0 Å². The Morgan fingerprint density at radius 1 is 0.931 bits per heavy atom. The van der Waals surface area contributed by atoms with Gasteiger partial charge in [0.2, 0.25) is 5.91 Å². The Morgan fingerprint density at radius 3 is 2.21 bits per heavy atom. The molecule has 1 aromatic heterocycles. The van der Waals surface area contributed by atoms with Crippen molar-refractivity contribution >= 4 is 28.8 Å². The van der Waals surface area contributed by atoms with Crippen molar-refractivity contribution in [2.24, 2.45) is 5.41 Å². The molecule has 2 aromatic carbocycles. The predicted molar refractivity (Wildman–Crippen MR) is 115 cm³/mol. The van der Waals surface area contributed by atoms with Crippen molar-refractivity contribution in [3.05, 3.63) is 88.6 Å². The van der Waals surface area contributed by atoms with Crippen LogP contribution in [-0.4, -0.2) is 29.8 Å². The molecule has 3 heterocycles. The minimum absolute atomic E-state index is 0.0111. The van der Waals surface area contributed by atoms with Crippen LogP contribution >= 0.6 is 11.3 Å². The maximum absolute atomic E-state index is 13.5. The fourth-order valence-electron chi connectivity index (χ4n) is 4.78. The summed E-state index contributed by atoms with van der Waals surface area (Å²) in [5.41, 5.74) is 2.42. The molecule has 0 N–H and O–H groups in total. The molecule has 2 fully saturated rings. The molecule has 2 saturated heterocycles. The van der Waals surface area contributed by atoms with Gasteiger partial charge in [0, 0.05) is 24.2 Å². The molecule has 3 aromatic rings. The minimum atomic E-state index is -0.428. The van der Waals surface area contributed by atoms with Crippen molar-refractivity contribution in [3.8, 4) is 0 Å². The first kappa shape index (κ1) is 18.1. The van der Waals surface area contributed by atoms with Crippen LogP contribution in [0.3, 0.4) is 0 Å². The first-order valence-corrected chi connectivity index (χ1v) is 10.9. The van der Waals surface area contributed by atoms with Gasteiger partial charge in [-0.1, -0.05) is 48.5 Å². The molecule has 5 rings (SSSR count). The number of anilines is 1. The summed E-state index contributed by atoms with van der Waals surface area (Å²) in [7, 11) is 0. The highest BCUT2D eigenvalue weighted by Crippen LogP contribution is 2.57. The van der Waals surface area contributed by atoms with Gasteiger partial charge in [-0.3, -0.25) is 9.59 Å². The second-order valence-electron chi connectivity index (χ2n) is 7.78. The Balaban J connectivity index is 1.43. The predicted octanol–water partition coefficient (Wildman–Crippen LogP) is 4.76. The number of amides is 2. The molecule has 5 heteroatoms. The highest BCUT2D eigenvalue weighted by atomic mass is 32.1. The fraction of sp³-hybridized carbons (Fsp3) is 0.250. The van der Waals surface area contributed by atoms with Crippen LogP contribution in [0.5, 0.6) is 0 Å². The second kappa shape index (κ2) is 7.16. The number of β-lactam (4-membered cyclic amide) rings is 1. The Kier molecular flexibility index (Phi) is 4.47. The number of hydrogen-bond acceptors (Lipinski definition) is 3. The molecule has 1 atom stereocenters. The number of para-hydroxylation sites is 1. The van der Waals surface area contributed by atoms with Gasteiger partial charge in [0.15, 0.2) is 0 Å². The normalized spacial score (nSPS) is 20.6. The van der Waals surface area contributed by atoms with Gasteiger partial charge in [0.25, 0.3) is 5.91 Å². The molecule has 0 saturated carbocycles. The van der Waals surface area contributed by atoms with Crippen molar-refractivity contribution in [1.29, 1.82) is 0 Å². The molecule has 1 spiro atoms. The lowest BCUT2D eigenvalue weighted by Gasteiger charge is -2.59. The summed E-state index contributed by atoms with van der Waals surface area (Å²) < 4.78 is 0. The first-order valence-electron chi connectivity index (χ1n) is 9.96. The summed E-state index contributed by atoms with van der Waals surface area (Å²) in [6.07, 6.45) is 1.40. The first-order chi connectivity index (χ1) is 14.2. The van der Waals surface area contributed by atoms with Crippen molar-refractivity contribution < 1.29 is 9.59 Å². The van der Waals surface area contributed by atoms with E-state index in [1.54, 1.807) is 0 Å². The fourth-order valence-corrected chi connectivity index (χ4v) is 5.41. The van der Waals surface area contributed by atoms with Crippen LogP contribution in [0.25, 0.3) is 0 Å². The Labute approximate surface area is 174 Å². The number of thiophene rings is 1. The smallest absolute Gasteiger partial charge is 0.254 e. The molecule has 1 unspecified atom stereocenters. The summed E-state index contributed by atoms with van der Waals surface area (Å²) in [5.74, 6) is 0.254. The van der Waals surface area contributed by atoms with E-state index in [2.05, 4.69) is 12.1 Å². The molecule has 2 amide bonds. The van der Waals surface area contributed by atoms with E-state index in [1.165, 1.54) is 11.3 Å².